The van der Waals surface area contributed by atoms with Gasteiger partial charge in [-0.1, -0.05) is 30.3 Å². The van der Waals surface area contributed by atoms with Crippen LogP contribution in [0.4, 0.5) is 17.1 Å². The first kappa shape index (κ1) is 20.0. The number of hydrogen-bond acceptors (Lipinski definition) is 5. The molecule has 4 rings (SSSR count). The normalized spacial score (nSPS) is 13.7. The maximum absolute atomic E-state index is 13.4. The zero-order chi connectivity index (χ0) is 22.1. The molecule has 1 aliphatic heterocycles. The molecule has 7 nitrogen and oxygen atoms in total. The zero-order valence-electron chi connectivity index (χ0n) is 17.0. The minimum Gasteiger partial charge on any atom is -0.350 e. The molecule has 0 atom stereocenters. The molecule has 0 bridgehead atoms. The minimum atomic E-state index is -0.509. The first-order valence-electron chi connectivity index (χ1n) is 9.64. The van der Waals surface area contributed by atoms with Crippen LogP contribution in [0, 0.1) is 24.0 Å². The number of anilines is 2. The highest BCUT2D eigenvalue weighted by molar-refractivity contribution is 6.46. The third-order valence-corrected chi connectivity index (χ3v) is 5.12. The highest BCUT2D eigenvalue weighted by Gasteiger charge is 2.40. The van der Waals surface area contributed by atoms with Crippen LogP contribution in [0.5, 0.6) is 0 Å². The Balaban J connectivity index is 1.84. The molecular weight excluding hydrogens is 394 g/mol. The van der Waals surface area contributed by atoms with Gasteiger partial charge in [-0.05, 0) is 60.9 Å². The van der Waals surface area contributed by atoms with Crippen LogP contribution in [0.3, 0.4) is 0 Å². The van der Waals surface area contributed by atoms with Crippen molar-refractivity contribution in [3.05, 3.63) is 105 Å². The third kappa shape index (κ3) is 3.69. The van der Waals surface area contributed by atoms with E-state index in [1.54, 1.807) is 18.2 Å². The van der Waals surface area contributed by atoms with Crippen LogP contribution in [-0.2, 0) is 9.59 Å². The molecule has 31 heavy (non-hydrogen) atoms. The monoisotopic (exact) mass is 413 g/mol. The average molecular weight is 413 g/mol. The van der Waals surface area contributed by atoms with Gasteiger partial charge in [0.05, 0.1) is 16.2 Å². The number of rotatable bonds is 5. The predicted octanol–water partition coefficient (Wildman–Crippen LogP) is 4.61. The number of carbonyl (C=O) groups excluding carboxylic acids is 2. The number of nitro groups is 1. The van der Waals surface area contributed by atoms with Crippen LogP contribution >= 0.6 is 0 Å². The predicted molar refractivity (Wildman–Crippen MR) is 118 cm³/mol. The lowest BCUT2D eigenvalue weighted by atomic mass is 10.0. The number of hydrogen-bond donors (Lipinski definition) is 1. The lowest BCUT2D eigenvalue weighted by molar-refractivity contribution is -0.384. The van der Waals surface area contributed by atoms with Crippen molar-refractivity contribution >= 4 is 34.4 Å². The van der Waals surface area contributed by atoms with Crippen molar-refractivity contribution in [2.75, 3.05) is 10.2 Å². The fraction of sp³-hybridized carbons (Fsp3) is 0.0833. The summed E-state index contributed by atoms with van der Waals surface area (Å²) < 4.78 is 0. The van der Waals surface area contributed by atoms with Gasteiger partial charge in [-0.2, -0.15) is 0 Å². The first-order chi connectivity index (χ1) is 14.9. The summed E-state index contributed by atoms with van der Waals surface area (Å²) in [6.07, 6.45) is 0. The quantitative estimate of drug-likeness (QED) is 0.375. The van der Waals surface area contributed by atoms with Gasteiger partial charge in [-0.3, -0.25) is 19.7 Å². The van der Waals surface area contributed by atoms with Crippen LogP contribution in [0.15, 0.2) is 78.5 Å². The number of benzene rings is 3. The molecule has 3 aromatic carbocycles. The van der Waals surface area contributed by atoms with Crippen molar-refractivity contribution in [2.45, 2.75) is 13.8 Å². The average Bonchev–Trinajstić information content (AvgIpc) is 2.99. The molecule has 7 heteroatoms. The van der Waals surface area contributed by atoms with E-state index in [0.717, 1.165) is 16.0 Å². The van der Waals surface area contributed by atoms with Gasteiger partial charge < -0.3 is 5.32 Å². The lowest BCUT2D eigenvalue weighted by Crippen LogP contribution is -2.32. The minimum absolute atomic E-state index is 0.0925. The van der Waals surface area contributed by atoms with Crippen molar-refractivity contribution in [3.63, 3.8) is 0 Å². The van der Waals surface area contributed by atoms with Crippen LogP contribution in [0.1, 0.15) is 16.7 Å². The van der Waals surface area contributed by atoms with E-state index in [2.05, 4.69) is 5.32 Å². The maximum Gasteiger partial charge on any atom is 0.282 e. The highest BCUT2D eigenvalue weighted by atomic mass is 16.6. The SMILES string of the molecule is Cc1cccc(N2C(=O)C(Nc3ccccc3C)=C(c3ccc([N+](=O)[O-])cc3)C2=O)c1. The summed E-state index contributed by atoms with van der Waals surface area (Å²) >= 11 is 0. The van der Waals surface area contributed by atoms with Crippen molar-refractivity contribution in [1.82, 2.24) is 0 Å². The molecule has 3 aromatic rings. The number of amides is 2. The molecule has 0 saturated carbocycles. The fourth-order valence-corrected chi connectivity index (χ4v) is 3.51. The Morgan fingerprint density at radius 2 is 1.58 bits per heavy atom. The Labute approximate surface area is 178 Å². The van der Waals surface area contributed by atoms with Gasteiger partial charge in [0.2, 0.25) is 0 Å². The van der Waals surface area contributed by atoms with E-state index in [0.29, 0.717) is 16.9 Å². The highest BCUT2D eigenvalue weighted by Crippen LogP contribution is 2.35. The van der Waals surface area contributed by atoms with E-state index < -0.39 is 16.7 Å². The van der Waals surface area contributed by atoms with Gasteiger partial charge in [-0.25, -0.2) is 4.90 Å². The second kappa shape index (κ2) is 7.87. The molecular formula is C24H19N3O4. The zero-order valence-corrected chi connectivity index (χ0v) is 17.0. The number of nitrogens with one attached hydrogen (secondary N) is 1. The number of nitro benzene ring substituents is 1. The van der Waals surface area contributed by atoms with E-state index in [9.17, 15) is 19.7 Å². The molecule has 1 N–H and O–H groups in total. The van der Waals surface area contributed by atoms with Crippen LogP contribution in [-0.4, -0.2) is 16.7 Å². The summed E-state index contributed by atoms with van der Waals surface area (Å²) in [6.45, 7) is 3.78. The topological polar surface area (TPSA) is 92.6 Å². The number of non-ortho nitro benzene ring substituents is 1. The van der Waals surface area contributed by atoms with E-state index in [4.69, 9.17) is 0 Å². The van der Waals surface area contributed by atoms with Crippen LogP contribution in [0.2, 0.25) is 0 Å². The second-order valence-electron chi connectivity index (χ2n) is 7.28. The summed E-state index contributed by atoms with van der Waals surface area (Å²) in [4.78, 5) is 38.4. The van der Waals surface area contributed by atoms with Gasteiger partial charge >= 0.3 is 0 Å². The summed E-state index contributed by atoms with van der Waals surface area (Å²) in [5, 5.41) is 14.1. The van der Waals surface area contributed by atoms with Crippen molar-refractivity contribution < 1.29 is 14.5 Å². The molecule has 0 spiro atoms. The molecule has 1 heterocycles. The number of imide groups is 1. The summed E-state index contributed by atoms with van der Waals surface area (Å²) in [5.74, 6) is -0.965. The van der Waals surface area contributed by atoms with Crippen molar-refractivity contribution in [1.29, 1.82) is 0 Å². The Morgan fingerprint density at radius 3 is 2.23 bits per heavy atom. The van der Waals surface area contributed by atoms with E-state index in [1.165, 1.54) is 24.3 Å². The van der Waals surface area contributed by atoms with Gasteiger partial charge in [0.15, 0.2) is 0 Å². The smallest absolute Gasteiger partial charge is 0.282 e. The van der Waals surface area contributed by atoms with Gasteiger partial charge in [0, 0.05) is 17.8 Å². The number of aryl methyl sites for hydroxylation is 2. The van der Waals surface area contributed by atoms with E-state index in [1.807, 2.05) is 44.2 Å². The van der Waals surface area contributed by atoms with E-state index in [-0.39, 0.29) is 17.0 Å². The molecule has 0 saturated heterocycles. The van der Waals surface area contributed by atoms with Crippen LogP contribution < -0.4 is 10.2 Å². The third-order valence-electron chi connectivity index (χ3n) is 5.12. The molecule has 154 valence electrons. The molecule has 0 aliphatic carbocycles. The summed E-state index contributed by atoms with van der Waals surface area (Å²) in [6, 6.07) is 20.2. The number of nitrogens with zero attached hydrogens (tertiary/aromatic N) is 2. The first-order valence-corrected chi connectivity index (χ1v) is 9.64. The fourth-order valence-electron chi connectivity index (χ4n) is 3.51. The maximum atomic E-state index is 13.4. The van der Waals surface area contributed by atoms with Crippen molar-refractivity contribution in [2.24, 2.45) is 0 Å². The second-order valence-corrected chi connectivity index (χ2v) is 7.28. The van der Waals surface area contributed by atoms with Gasteiger partial charge in [0.25, 0.3) is 17.5 Å². The van der Waals surface area contributed by atoms with Gasteiger partial charge in [0.1, 0.15) is 5.70 Å². The Hall–Kier alpha value is -4.26. The van der Waals surface area contributed by atoms with Gasteiger partial charge in [-0.15, -0.1) is 0 Å². The molecule has 0 aromatic heterocycles. The van der Waals surface area contributed by atoms with E-state index >= 15 is 0 Å². The Kier molecular flexibility index (Phi) is 5.09. The summed E-state index contributed by atoms with van der Waals surface area (Å²) in [7, 11) is 0. The molecule has 0 fully saturated rings. The molecule has 1 aliphatic rings. The number of carbonyl (C=O) groups is 2. The molecule has 0 radical (unpaired) electrons. The number of para-hydroxylation sites is 1. The van der Waals surface area contributed by atoms with Crippen LogP contribution in [0.25, 0.3) is 5.57 Å². The Bertz CT molecular complexity index is 1250. The van der Waals surface area contributed by atoms with Crippen molar-refractivity contribution in [3.8, 4) is 0 Å². The largest absolute Gasteiger partial charge is 0.350 e. The molecule has 0 unspecified atom stereocenters. The summed E-state index contributed by atoms with van der Waals surface area (Å²) in [5.41, 5.74) is 3.63. The molecule has 2 amide bonds. The Morgan fingerprint density at radius 1 is 0.871 bits per heavy atom. The standard InChI is InChI=1S/C24H19N3O4/c1-15-6-5-8-19(14-15)26-23(28)21(17-10-12-18(13-11-17)27(30)31)22(24(26)29)25-20-9-4-3-7-16(20)2/h3-14,25H,1-2H3. The lowest BCUT2D eigenvalue weighted by Gasteiger charge is -2.16.